The Morgan fingerprint density at radius 2 is 1.76 bits per heavy atom. The van der Waals surface area contributed by atoms with Gasteiger partial charge in [-0.1, -0.05) is 42.5 Å². The zero-order chi connectivity index (χ0) is 17.4. The maximum absolute atomic E-state index is 12.7. The van der Waals surface area contributed by atoms with Gasteiger partial charge in [0.05, 0.1) is 12.6 Å². The van der Waals surface area contributed by atoms with Gasteiger partial charge in [0.1, 0.15) is 11.3 Å². The lowest BCUT2D eigenvalue weighted by Gasteiger charge is -2.25. The Kier molecular flexibility index (Phi) is 4.06. The highest BCUT2D eigenvalue weighted by atomic mass is 16.3. The van der Waals surface area contributed by atoms with Crippen molar-refractivity contribution >= 4 is 16.9 Å². The molecule has 1 atom stereocenters. The van der Waals surface area contributed by atoms with Crippen LogP contribution in [0.2, 0.25) is 0 Å². The molecule has 0 spiro atoms. The van der Waals surface area contributed by atoms with Gasteiger partial charge >= 0.3 is 0 Å². The van der Waals surface area contributed by atoms with Crippen molar-refractivity contribution in [3.05, 3.63) is 71.5 Å². The zero-order valence-corrected chi connectivity index (χ0v) is 14.6. The standard InChI is InChI=1S/C21H22N2O2/c1-15(20-11-16-7-5-6-10-19(16)25-20)22(2)21(24)14-23-12-17-8-3-4-9-18(17)13-23/h3-11,15H,12-14H2,1-2H3/t15-/m1/s1. The van der Waals surface area contributed by atoms with E-state index in [0.717, 1.165) is 29.8 Å². The molecule has 4 heteroatoms. The Morgan fingerprint density at radius 3 is 2.44 bits per heavy atom. The summed E-state index contributed by atoms with van der Waals surface area (Å²) in [5.41, 5.74) is 3.51. The van der Waals surface area contributed by atoms with Crippen LogP contribution in [0.4, 0.5) is 0 Å². The van der Waals surface area contributed by atoms with Crippen molar-refractivity contribution in [3.63, 3.8) is 0 Å². The third-order valence-electron chi connectivity index (χ3n) is 5.10. The lowest BCUT2D eigenvalue weighted by Crippen LogP contribution is -2.37. The number of para-hydroxylation sites is 1. The fourth-order valence-electron chi connectivity index (χ4n) is 3.43. The topological polar surface area (TPSA) is 36.7 Å². The van der Waals surface area contributed by atoms with Crippen molar-refractivity contribution < 1.29 is 9.21 Å². The molecule has 4 nitrogen and oxygen atoms in total. The highest BCUT2D eigenvalue weighted by Gasteiger charge is 2.25. The van der Waals surface area contributed by atoms with E-state index in [2.05, 4.69) is 29.2 Å². The molecule has 4 rings (SSSR count). The summed E-state index contributed by atoms with van der Waals surface area (Å²) in [6.07, 6.45) is 0. The van der Waals surface area contributed by atoms with E-state index in [1.54, 1.807) is 4.90 Å². The Hall–Kier alpha value is -2.59. The Labute approximate surface area is 147 Å². The third kappa shape index (κ3) is 3.05. The molecule has 1 aliphatic rings. The van der Waals surface area contributed by atoms with Crippen LogP contribution in [0.1, 0.15) is 29.9 Å². The molecule has 0 N–H and O–H groups in total. The van der Waals surface area contributed by atoms with Crippen molar-refractivity contribution in [2.24, 2.45) is 0 Å². The molecular formula is C21H22N2O2. The molecule has 1 aromatic heterocycles. The van der Waals surface area contributed by atoms with Gasteiger partial charge in [-0.25, -0.2) is 0 Å². The number of likely N-dealkylation sites (N-methyl/N-ethyl adjacent to an activating group) is 1. The second-order valence-electron chi connectivity index (χ2n) is 6.78. The molecule has 0 unspecified atom stereocenters. The Morgan fingerprint density at radius 1 is 1.12 bits per heavy atom. The first-order valence-corrected chi connectivity index (χ1v) is 8.65. The molecule has 2 aromatic carbocycles. The van der Waals surface area contributed by atoms with Crippen molar-refractivity contribution in [2.45, 2.75) is 26.1 Å². The fourth-order valence-corrected chi connectivity index (χ4v) is 3.43. The predicted molar refractivity (Wildman–Crippen MR) is 98.0 cm³/mol. The lowest BCUT2D eigenvalue weighted by molar-refractivity contribution is -0.133. The smallest absolute Gasteiger partial charge is 0.237 e. The number of amides is 1. The van der Waals surface area contributed by atoms with E-state index in [-0.39, 0.29) is 11.9 Å². The zero-order valence-electron chi connectivity index (χ0n) is 14.6. The van der Waals surface area contributed by atoms with Crippen LogP contribution in [0.15, 0.2) is 59.0 Å². The molecule has 0 aliphatic carbocycles. The molecule has 0 saturated heterocycles. The van der Waals surface area contributed by atoms with Crippen LogP contribution in [0.5, 0.6) is 0 Å². The molecule has 128 valence electrons. The number of hydrogen-bond acceptors (Lipinski definition) is 3. The maximum atomic E-state index is 12.7. The second kappa shape index (κ2) is 6.37. The maximum Gasteiger partial charge on any atom is 0.237 e. The average Bonchev–Trinajstić information content (AvgIpc) is 3.23. The summed E-state index contributed by atoms with van der Waals surface area (Å²) in [4.78, 5) is 16.7. The summed E-state index contributed by atoms with van der Waals surface area (Å²) < 4.78 is 5.91. The van der Waals surface area contributed by atoms with E-state index in [4.69, 9.17) is 4.42 Å². The minimum atomic E-state index is -0.0927. The number of hydrogen-bond donors (Lipinski definition) is 0. The molecule has 3 aromatic rings. The fraction of sp³-hybridized carbons (Fsp3) is 0.286. The minimum Gasteiger partial charge on any atom is -0.459 e. The minimum absolute atomic E-state index is 0.0927. The van der Waals surface area contributed by atoms with Crippen LogP contribution in [0.3, 0.4) is 0 Å². The van der Waals surface area contributed by atoms with Gasteiger partial charge in [0.15, 0.2) is 0 Å². The average molecular weight is 334 g/mol. The van der Waals surface area contributed by atoms with Crippen LogP contribution < -0.4 is 0 Å². The van der Waals surface area contributed by atoms with Crippen LogP contribution in [-0.4, -0.2) is 29.3 Å². The summed E-state index contributed by atoms with van der Waals surface area (Å²) in [6.45, 7) is 4.12. The predicted octanol–water partition coefficient (Wildman–Crippen LogP) is 3.97. The van der Waals surface area contributed by atoms with Gasteiger partial charge < -0.3 is 9.32 Å². The first-order chi connectivity index (χ1) is 12.1. The molecule has 0 fully saturated rings. The van der Waals surface area contributed by atoms with Gasteiger partial charge in [0, 0.05) is 25.5 Å². The third-order valence-corrected chi connectivity index (χ3v) is 5.10. The number of rotatable bonds is 4. The molecule has 25 heavy (non-hydrogen) atoms. The van der Waals surface area contributed by atoms with Crippen LogP contribution >= 0.6 is 0 Å². The van der Waals surface area contributed by atoms with Gasteiger partial charge in [-0.3, -0.25) is 9.69 Å². The van der Waals surface area contributed by atoms with E-state index < -0.39 is 0 Å². The second-order valence-corrected chi connectivity index (χ2v) is 6.78. The quantitative estimate of drug-likeness (QED) is 0.724. The monoisotopic (exact) mass is 334 g/mol. The first kappa shape index (κ1) is 15.9. The van der Waals surface area contributed by atoms with Gasteiger partial charge in [0.2, 0.25) is 5.91 Å². The number of nitrogens with zero attached hydrogens (tertiary/aromatic N) is 2. The van der Waals surface area contributed by atoms with Crippen LogP contribution in [0.25, 0.3) is 11.0 Å². The summed E-state index contributed by atoms with van der Waals surface area (Å²) >= 11 is 0. The van der Waals surface area contributed by atoms with Crippen LogP contribution in [-0.2, 0) is 17.9 Å². The Bertz CT molecular complexity index is 857. The van der Waals surface area contributed by atoms with Gasteiger partial charge in [-0.05, 0) is 30.2 Å². The normalized spacial score (nSPS) is 15.3. The van der Waals surface area contributed by atoms with E-state index in [9.17, 15) is 4.79 Å². The summed E-state index contributed by atoms with van der Waals surface area (Å²) in [7, 11) is 1.85. The summed E-state index contributed by atoms with van der Waals surface area (Å²) in [5, 5.41) is 1.07. The summed E-state index contributed by atoms with van der Waals surface area (Å²) in [6, 6.07) is 18.3. The van der Waals surface area contributed by atoms with E-state index in [1.807, 2.05) is 44.3 Å². The van der Waals surface area contributed by atoms with Gasteiger partial charge in [0.25, 0.3) is 0 Å². The molecule has 0 bridgehead atoms. The largest absolute Gasteiger partial charge is 0.459 e. The lowest BCUT2D eigenvalue weighted by atomic mass is 10.1. The molecule has 0 radical (unpaired) electrons. The highest BCUT2D eigenvalue weighted by Crippen LogP contribution is 2.27. The van der Waals surface area contributed by atoms with E-state index in [1.165, 1.54) is 11.1 Å². The molecule has 1 amide bonds. The van der Waals surface area contributed by atoms with Crippen molar-refractivity contribution in [1.82, 2.24) is 9.80 Å². The first-order valence-electron chi connectivity index (χ1n) is 8.65. The van der Waals surface area contributed by atoms with Crippen molar-refractivity contribution in [1.29, 1.82) is 0 Å². The highest BCUT2D eigenvalue weighted by molar-refractivity contribution is 5.80. The molecule has 2 heterocycles. The number of carbonyl (C=O) groups is 1. The SMILES string of the molecule is C[C@H](c1cc2ccccc2o1)N(C)C(=O)CN1Cc2ccccc2C1. The van der Waals surface area contributed by atoms with Gasteiger partial charge in [-0.2, -0.15) is 0 Å². The van der Waals surface area contributed by atoms with Crippen molar-refractivity contribution in [3.8, 4) is 0 Å². The number of furan rings is 1. The number of fused-ring (bicyclic) bond motifs is 2. The summed E-state index contributed by atoms with van der Waals surface area (Å²) in [5.74, 6) is 0.933. The van der Waals surface area contributed by atoms with E-state index in [0.29, 0.717) is 6.54 Å². The molecule has 0 saturated carbocycles. The number of carbonyl (C=O) groups excluding carboxylic acids is 1. The van der Waals surface area contributed by atoms with Gasteiger partial charge in [-0.15, -0.1) is 0 Å². The molecular weight excluding hydrogens is 312 g/mol. The van der Waals surface area contributed by atoms with E-state index >= 15 is 0 Å². The van der Waals surface area contributed by atoms with Crippen molar-refractivity contribution in [2.75, 3.05) is 13.6 Å². The molecule has 1 aliphatic heterocycles. The van der Waals surface area contributed by atoms with Crippen LogP contribution in [0, 0.1) is 0 Å². The number of benzene rings is 2. The Balaban J connectivity index is 1.43.